The molecule has 200 valence electrons. The summed E-state index contributed by atoms with van der Waals surface area (Å²) in [5, 5.41) is 5.71. The van der Waals surface area contributed by atoms with Crippen molar-refractivity contribution in [2.24, 2.45) is 0 Å². The number of benzene rings is 4. The summed E-state index contributed by atoms with van der Waals surface area (Å²) in [5.41, 5.74) is 3.61. The maximum Gasteiger partial charge on any atom is 0.264 e. The molecule has 7 nitrogen and oxygen atoms in total. The van der Waals surface area contributed by atoms with E-state index in [9.17, 15) is 18.0 Å². The number of hydrogen-bond donors (Lipinski definition) is 2. The standard InChI is InChI=1S/C31H31N3O4S/c1-22-18-19-29(23(2)20-22)34(39(37,38)26-14-8-5-9-15-26)21-30(35)33-28-17-11-10-16-27(28)31(36)32-24(3)25-12-6-4-7-13-25/h4-20,24H,21H2,1-3H3,(H,32,36)(H,33,35)/t24-/m1/s1. The van der Waals surface area contributed by atoms with Crippen LogP contribution < -0.4 is 14.9 Å². The Morgan fingerprint density at radius 2 is 1.44 bits per heavy atom. The quantitative estimate of drug-likeness (QED) is 0.287. The van der Waals surface area contributed by atoms with Gasteiger partial charge in [0.05, 0.1) is 27.9 Å². The Labute approximate surface area is 229 Å². The second kappa shape index (κ2) is 12.0. The van der Waals surface area contributed by atoms with E-state index in [1.807, 2.05) is 50.2 Å². The van der Waals surface area contributed by atoms with Crippen LogP contribution in [0.2, 0.25) is 0 Å². The Balaban J connectivity index is 1.60. The molecule has 1 atom stereocenters. The Bertz CT molecular complexity index is 1570. The molecule has 0 fully saturated rings. The maximum absolute atomic E-state index is 13.7. The van der Waals surface area contributed by atoms with Crippen LogP contribution in [0.15, 0.2) is 108 Å². The van der Waals surface area contributed by atoms with Crippen molar-refractivity contribution in [2.75, 3.05) is 16.2 Å². The molecule has 0 heterocycles. The normalized spacial score (nSPS) is 11.9. The summed E-state index contributed by atoms with van der Waals surface area (Å²) < 4.78 is 28.4. The maximum atomic E-state index is 13.7. The van der Waals surface area contributed by atoms with Crippen molar-refractivity contribution in [1.29, 1.82) is 0 Å². The average Bonchev–Trinajstić information content (AvgIpc) is 2.93. The molecule has 4 rings (SSSR count). The van der Waals surface area contributed by atoms with Crippen molar-refractivity contribution < 1.29 is 18.0 Å². The van der Waals surface area contributed by atoms with Gasteiger partial charge in [-0.15, -0.1) is 0 Å². The van der Waals surface area contributed by atoms with Crippen molar-refractivity contribution in [2.45, 2.75) is 31.7 Å². The fraction of sp³-hybridized carbons (Fsp3) is 0.161. The van der Waals surface area contributed by atoms with Crippen LogP contribution in [-0.2, 0) is 14.8 Å². The molecule has 0 aliphatic rings. The van der Waals surface area contributed by atoms with Gasteiger partial charge in [-0.1, -0.05) is 78.4 Å². The van der Waals surface area contributed by atoms with Crippen LogP contribution in [0.3, 0.4) is 0 Å². The first-order valence-corrected chi connectivity index (χ1v) is 14.0. The predicted octanol–water partition coefficient (Wildman–Crippen LogP) is 5.63. The largest absolute Gasteiger partial charge is 0.345 e. The third kappa shape index (κ3) is 6.53. The molecule has 0 saturated carbocycles. The smallest absolute Gasteiger partial charge is 0.264 e. The van der Waals surface area contributed by atoms with E-state index in [1.54, 1.807) is 61.5 Å². The van der Waals surface area contributed by atoms with Gasteiger partial charge in [-0.25, -0.2) is 8.42 Å². The van der Waals surface area contributed by atoms with Crippen LogP contribution in [0.4, 0.5) is 11.4 Å². The van der Waals surface area contributed by atoms with Crippen LogP contribution in [0.1, 0.15) is 40.0 Å². The topological polar surface area (TPSA) is 95.6 Å². The zero-order valence-electron chi connectivity index (χ0n) is 22.1. The summed E-state index contributed by atoms with van der Waals surface area (Å²) in [5.74, 6) is -0.934. The lowest BCUT2D eigenvalue weighted by molar-refractivity contribution is -0.114. The zero-order valence-corrected chi connectivity index (χ0v) is 22.9. The third-order valence-electron chi connectivity index (χ3n) is 6.33. The van der Waals surface area contributed by atoms with Crippen LogP contribution in [0, 0.1) is 13.8 Å². The lowest BCUT2D eigenvalue weighted by atomic mass is 10.1. The summed E-state index contributed by atoms with van der Waals surface area (Å²) in [6.45, 7) is 5.13. The first kappa shape index (κ1) is 27.6. The SMILES string of the molecule is Cc1ccc(N(CC(=O)Nc2ccccc2C(=O)N[C@H](C)c2ccccc2)S(=O)(=O)c2ccccc2)c(C)c1. The monoisotopic (exact) mass is 541 g/mol. The number of amides is 2. The van der Waals surface area contributed by atoms with Gasteiger partial charge in [-0.2, -0.15) is 0 Å². The number of aryl methyl sites for hydroxylation is 2. The Kier molecular flexibility index (Phi) is 8.46. The average molecular weight is 542 g/mol. The summed E-state index contributed by atoms with van der Waals surface area (Å²) in [7, 11) is -4.06. The van der Waals surface area contributed by atoms with Gasteiger partial charge in [0.1, 0.15) is 6.54 Å². The second-order valence-corrected chi connectivity index (χ2v) is 11.2. The highest BCUT2D eigenvalue weighted by Crippen LogP contribution is 2.28. The summed E-state index contributed by atoms with van der Waals surface area (Å²) in [6.07, 6.45) is 0. The fourth-order valence-corrected chi connectivity index (χ4v) is 5.82. The first-order valence-electron chi connectivity index (χ1n) is 12.6. The van der Waals surface area contributed by atoms with Crippen molar-refractivity contribution in [3.8, 4) is 0 Å². The minimum absolute atomic E-state index is 0.0763. The summed E-state index contributed by atoms with van der Waals surface area (Å²) in [6, 6.07) is 29.3. The van der Waals surface area contributed by atoms with Gasteiger partial charge in [0, 0.05) is 0 Å². The number of para-hydroxylation sites is 1. The molecule has 0 spiro atoms. The van der Waals surface area contributed by atoms with E-state index >= 15 is 0 Å². The highest BCUT2D eigenvalue weighted by Gasteiger charge is 2.28. The Hall–Kier alpha value is -4.43. The predicted molar refractivity (Wildman–Crippen MR) is 154 cm³/mol. The van der Waals surface area contributed by atoms with E-state index < -0.39 is 22.5 Å². The van der Waals surface area contributed by atoms with E-state index in [0.717, 1.165) is 21.0 Å². The number of carbonyl (C=O) groups is 2. The number of rotatable bonds is 9. The fourth-order valence-electron chi connectivity index (χ4n) is 4.31. The number of anilines is 2. The number of hydrogen-bond acceptors (Lipinski definition) is 4. The minimum Gasteiger partial charge on any atom is -0.345 e. The number of nitrogens with zero attached hydrogens (tertiary/aromatic N) is 1. The van der Waals surface area contributed by atoms with Crippen LogP contribution in [-0.4, -0.2) is 26.8 Å². The molecule has 39 heavy (non-hydrogen) atoms. The Morgan fingerprint density at radius 1 is 0.821 bits per heavy atom. The van der Waals surface area contributed by atoms with Gasteiger partial charge in [0.15, 0.2) is 0 Å². The third-order valence-corrected chi connectivity index (χ3v) is 8.11. The van der Waals surface area contributed by atoms with Gasteiger partial charge < -0.3 is 10.6 Å². The molecule has 0 unspecified atom stereocenters. The molecule has 0 aromatic heterocycles. The van der Waals surface area contributed by atoms with Crippen molar-refractivity contribution >= 4 is 33.2 Å². The van der Waals surface area contributed by atoms with Crippen LogP contribution >= 0.6 is 0 Å². The molecule has 0 aliphatic heterocycles. The molecule has 4 aromatic carbocycles. The first-order chi connectivity index (χ1) is 18.7. The highest BCUT2D eigenvalue weighted by atomic mass is 32.2. The number of carbonyl (C=O) groups excluding carboxylic acids is 2. The van der Waals surface area contributed by atoms with Gasteiger partial charge in [0.25, 0.3) is 15.9 Å². The van der Waals surface area contributed by atoms with Gasteiger partial charge >= 0.3 is 0 Å². The van der Waals surface area contributed by atoms with E-state index in [2.05, 4.69) is 10.6 Å². The molecule has 2 amide bonds. The summed E-state index contributed by atoms with van der Waals surface area (Å²) in [4.78, 5) is 26.5. The van der Waals surface area contributed by atoms with Crippen LogP contribution in [0.5, 0.6) is 0 Å². The molecule has 8 heteroatoms. The molecule has 2 N–H and O–H groups in total. The van der Waals surface area contributed by atoms with E-state index in [1.165, 1.54) is 12.1 Å². The van der Waals surface area contributed by atoms with Crippen molar-refractivity contribution in [3.05, 3.63) is 125 Å². The second-order valence-electron chi connectivity index (χ2n) is 9.31. The Morgan fingerprint density at radius 3 is 2.10 bits per heavy atom. The van der Waals surface area contributed by atoms with Gasteiger partial charge in [-0.3, -0.25) is 13.9 Å². The van der Waals surface area contributed by atoms with Gasteiger partial charge in [0.2, 0.25) is 5.91 Å². The molecule has 4 aromatic rings. The number of nitrogens with one attached hydrogen (secondary N) is 2. The summed E-state index contributed by atoms with van der Waals surface area (Å²) >= 11 is 0. The van der Waals surface area contributed by atoms with Crippen molar-refractivity contribution in [1.82, 2.24) is 5.32 Å². The lowest BCUT2D eigenvalue weighted by Crippen LogP contribution is -2.39. The molecular formula is C31H31N3O4S. The van der Waals surface area contributed by atoms with E-state index in [4.69, 9.17) is 0 Å². The zero-order chi connectivity index (χ0) is 28.0. The highest BCUT2D eigenvalue weighted by molar-refractivity contribution is 7.92. The van der Waals surface area contributed by atoms with Crippen LogP contribution in [0.25, 0.3) is 0 Å². The van der Waals surface area contributed by atoms with E-state index in [-0.39, 0.29) is 28.1 Å². The lowest BCUT2D eigenvalue weighted by Gasteiger charge is -2.26. The minimum atomic E-state index is -4.06. The van der Waals surface area contributed by atoms with Crippen molar-refractivity contribution in [3.63, 3.8) is 0 Å². The number of sulfonamides is 1. The molecule has 0 saturated heterocycles. The molecule has 0 aliphatic carbocycles. The van der Waals surface area contributed by atoms with Gasteiger partial charge in [-0.05, 0) is 62.2 Å². The molecular weight excluding hydrogens is 510 g/mol. The molecule has 0 bridgehead atoms. The van der Waals surface area contributed by atoms with E-state index in [0.29, 0.717) is 5.69 Å². The molecule has 0 radical (unpaired) electrons.